The minimum Gasteiger partial charge on any atom is -0.366 e. The van der Waals surface area contributed by atoms with Crippen LogP contribution in [-0.4, -0.2) is 52.8 Å². The predicted molar refractivity (Wildman–Crippen MR) is 101 cm³/mol. The fraction of sp³-hybridized carbons (Fsp3) is 0.619. The number of amides is 2. The standard InChI is InChI=1S/C21H29N3O2/c1-21(2)13-23(16-4-3-5-16)10-11-24(21)20(26)18-12-17(18)14-6-8-15(9-7-14)19(22)25/h6-9,16-18H,3-5,10-13H2,1-2H3,(H2,22,25)/t17-,18+/m1/s1. The first-order valence-electron chi connectivity index (χ1n) is 9.82. The van der Waals surface area contributed by atoms with Gasteiger partial charge in [0.2, 0.25) is 11.8 Å². The number of carbonyl (C=O) groups is 2. The van der Waals surface area contributed by atoms with Gasteiger partial charge in [-0.2, -0.15) is 0 Å². The van der Waals surface area contributed by atoms with Gasteiger partial charge in [0.25, 0.3) is 0 Å². The van der Waals surface area contributed by atoms with Crippen molar-refractivity contribution in [2.45, 2.75) is 57.0 Å². The topological polar surface area (TPSA) is 66.6 Å². The summed E-state index contributed by atoms with van der Waals surface area (Å²) in [4.78, 5) is 29.0. The third kappa shape index (κ3) is 3.13. The van der Waals surface area contributed by atoms with Gasteiger partial charge in [0, 0.05) is 42.7 Å². The molecule has 0 radical (unpaired) electrons. The van der Waals surface area contributed by atoms with Crippen LogP contribution in [0.4, 0.5) is 0 Å². The molecule has 3 aliphatic rings. The Labute approximate surface area is 155 Å². The van der Waals surface area contributed by atoms with Crippen molar-refractivity contribution >= 4 is 11.8 Å². The van der Waals surface area contributed by atoms with E-state index >= 15 is 0 Å². The van der Waals surface area contributed by atoms with Crippen LogP contribution in [0.15, 0.2) is 24.3 Å². The molecule has 1 aliphatic heterocycles. The summed E-state index contributed by atoms with van der Waals surface area (Å²) in [5.74, 6) is 0.257. The Hall–Kier alpha value is -1.88. The SMILES string of the molecule is CC1(C)CN(C2CCC2)CCN1C(=O)[C@H]1C[C@@H]1c1ccc(C(N)=O)cc1. The number of hydrogen-bond acceptors (Lipinski definition) is 3. The molecule has 1 heterocycles. The Bertz CT molecular complexity index is 708. The highest BCUT2D eigenvalue weighted by Crippen LogP contribution is 2.49. The minimum absolute atomic E-state index is 0.0870. The van der Waals surface area contributed by atoms with E-state index in [1.807, 2.05) is 12.1 Å². The fourth-order valence-electron chi connectivity index (χ4n) is 4.60. The zero-order valence-corrected chi connectivity index (χ0v) is 15.8. The Morgan fingerprint density at radius 1 is 1.12 bits per heavy atom. The normalized spacial score (nSPS) is 28.5. The van der Waals surface area contributed by atoms with Gasteiger partial charge in [0.15, 0.2) is 0 Å². The molecule has 2 N–H and O–H groups in total. The van der Waals surface area contributed by atoms with Crippen LogP contribution in [-0.2, 0) is 4.79 Å². The van der Waals surface area contributed by atoms with Crippen molar-refractivity contribution < 1.29 is 9.59 Å². The van der Waals surface area contributed by atoms with Crippen LogP contribution in [0.5, 0.6) is 0 Å². The summed E-state index contributed by atoms with van der Waals surface area (Å²) in [6, 6.07) is 8.15. The molecule has 5 heteroatoms. The number of carbonyl (C=O) groups excluding carboxylic acids is 2. The van der Waals surface area contributed by atoms with Gasteiger partial charge in [0.05, 0.1) is 0 Å². The molecular weight excluding hydrogens is 326 g/mol. The summed E-state index contributed by atoms with van der Waals surface area (Å²) in [6.07, 6.45) is 4.89. The summed E-state index contributed by atoms with van der Waals surface area (Å²) in [5, 5.41) is 0. The Balaban J connectivity index is 1.39. The molecule has 1 aromatic carbocycles. The van der Waals surface area contributed by atoms with Gasteiger partial charge in [-0.05, 0) is 56.7 Å². The molecule has 3 fully saturated rings. The number of hydrogen-bond donors (Lipinski definition) is 1. The third-order valence-electron chi connectivity index (χ3n) is 6.52. The fourth-order valence-corrected chi connectivity index (χ4v) is 4.60. The van der Waals surface area contributed by atoms with E-state index in [4.69, 9.17) is 5.73 Å². The monoisotopic (exact) mass is 355 g/mol. The van der Waals surface area contributed by atoms with Crippen molar-refractivity contribution in [3.05, 3.63) is 35.4 Å². The van der Waals surface area contributed by atoms with Gasteiger partial charge in [-0.1, -0.05) is 18.6 Å². The molecule has 1 saturated heterocycles. The van der Waals surface area contributed by atoms with Crippen LogP contribution in [0.1, 0.15) is 61.4 Å². The molecule has 0 aromatic heterocycles. The minimum atomic E-state index is -0.411. The molecule has 0 bridgehead atoms. The summed E-state index contributed by atoms with van der Waals surface area (Å²) in [7, 11) is 0. The lowest BCUT2D eigenvalue weighted by Crippen LogP contribution is -2.63. The summed E-state index contributed by atoms with van der Waals surface area (Å²) >= 11 is 0. The highest BCUT2D eigenvalue weighted by Gasteiger charge is 2.49. The van der Waals surface area contributed by atoms with E-state index in [1.165, 1.54) is 19.3 Å². The molecule has 26 heavy (non-hydrogen) atoms. The number of benzene rings is 1. The quantitative estimate of drug-likeness (QED) is 0.902. The summed E-state index contributed by atoms with van der Waals surface area (Å²) < 4.78 is 0. The first-order valence-corrected chi connectivity index (χ1v) is 9.82. The highest BCUT2D eigenvalue weighted by molar-refractivity contribution is 5.92. The summed E-state index contributed by atoms with van der Waals surface area (Å²) in [5.41, 5.74) is 6.86. The molecule has 0 spiro atoms. The van der Waals surface area contributed by atoms with Crippen LogP contribution in [0, 0.1) is 5.92 Å². The van der Waals surface area contributed by atoms with Crippen molar-refractivity contribution in [2.75, 3.05) is 19.6 Å². The van der Waals surface area contributed by atoms with Gasteiger partial charge in [-0.25, -0.2) is 0 Å². The predicted octanol–water partition coefficient (Wildman–Crippen LogP) is 2.36. The lowest BCUT2D eigenvalue weighted by atomic mass is 9.88. The average molecular weight is 355 g/mol. The van der Waals surface area contributed by atoms with Crippen LogP contribution in [0.25, 0.3) is 0 Å². The van der Waals surface area contributed by atoms with Crippen molar-refractivity contribution in [2.24, 2.45) is 11.7 Å². The van der Waals surface area contributed by atoms with Crippen LogP contribution < -0.4 is 5.73 Å². The molecule has 2 saturated carbocycles. The van der Waals surface area contributed by atoms with Gasteiger partial charge >= 0.3 is 0 Å². The molecule has 1 aromatic rings. The van der Waals surface area contributed by atoms with E-state index < -0.39 is 5.91 Å². The van der Waals surface area contributed by atoms with Gasteiger partial charge < -0.3 is 10.6 Å². The molecule has 140 valence electrons. The summed E-state index contributed by atoms with van der Waals surface area (Å²) in [6.45, 7) is 7.23. The van der Waals surface area contributed by atoms with E-state index in [0.717, 1.165) is 37.7 Å². The number of primary amides is 1. The second kappa shape index (κ2) is 6.38. The van der Waals surface area contributed by atoms with E-state index in [1.54, 1.807) is 12.1 Å². The second-order valence-electron chi connectivity index (χ2n) is 8.79. The Kier molecular flexibility index (Phi) is 4.30. The molecular formula is C21H29N3O2. The van der Waals surface area contributed by atoms with E-state index in [0.29, 0.717) is 11.5 Å². The molecule has 2 amide bonds. The number of nitrogens with zero attached hydrogens (tertiary/aromatic N) is 2. The maximum atomic E-state index is 13.1. The maximum absolute atomic E-state index is 13.1. The van der Waals surface area contributed by atoms with Crippen molar-refractivity contribution in [1.29, 1.82) is 0 Å². The number of rotatable bonds is 4. The lowest BCUT2D eigenvalue weighted by Gasteiger charge is -2.51. The van der Waals surface area contributed by atoms with Crippen LogP contribution in [0.3, 0.4) is 0 Å². The average Bonchev–Trinajstić information content (AvgIpc) is 3.32. The highest BCUT2D eigenvalue weighted by atomic mass is 16.2. The molecule has 4 rings (SSSR count). The van der Waals surface area contributed by atoms with Gasteiger partial charge in [-0.3, -0.25) is 14.5 Å². The molecule has 0 unspecified atom stereocenters. The second-order valence-corrected chi connectivity index (χ2v) is 8.79. The smallest absolute Gasteiger partial charge is 0.248 e. The van der Waals surface area contributed by atoms with Crippen LogP contribution in [0.2, 0.25) is 0 Å². The third-order valence-corrected chi connectivity index (χ3v) is 6.52. The van der Waals surface area contributed by atoms with E-state index in [-0.39, 0.29) is 17.4 Å². The lowest BCUT2D eigenvalue weighted by molar-refractivity contribution is -0.143. The van der Waals surface area contributed by atoms with Crippen LogP contribution >= 0.6 is 0 Å². The van der Waals surface area contributed by atoms with Crippen molar-refractivity contribution in [3.8, 4) is 0 Å². The molecule has 2 atom stereocenters. The van der Waals surface area contributed by atoms with E-state index in [2.05, 4.69) is 23.6 Å². The number of nitrogens with two attached hydrogens (primary N) is 1. The molecule has 5 nitrogen and oxygen atoms in total. The van der Waals surface area contributed by atoms with E-state index in [9.17, 15) is 9.59 Å². The largest absolute Gasteiger partial charge is 0.366 e. The van der Waals surface area contributed by atoms with Crippen molar-refractivity contribution in [1.82, 2.24) is 9.80 Å². The first kappa shape index (κ1) is 17.5. The van der Waals surface area contributed by atoms with Crippen molar-refractivity contribution in [3.63, 3.8) is 0 Å². The number of piperazine rings is 1. The first-order chi connectivity index (χ1) is 12.4. The maximum Gasteiger partial charge on any atom is 0.248 e. The Morgan fingerprint density at radius 3 is 2.35 bits per heavy atom. The zero-order valence-electron chi connectivity index (χ0n) is 15.8. The van der Waals surface area contributed by atoms with Gasteiger partial charge in [-0.15, -0.1) is 0 Å². The van der Waals surface area contributed by atoms with Gasteiger partial charge in [0.1, 0.15) is 0 Å². The molecule has 2 aliphatic carbocycles. The zero-order chi connectivity index (χ0) is 18.5. The Morgan fingerprint density at radius 2 is 1.81 bits per heavy atom.